The van der Waals surface area contributed by atoms with Gasteiger partial charge in [-0.05, 0) is 42.6 Å². The zero-order chi connectivity index (χ0) is 10.4. The van der Waals surface area contributed by atoms with Crippen LogP contribution in [0.3, 0.4) is 0 Å². The van der Waals surface area contributed by atoms with Gasteiger partial charge in [0.25, 0.3) is 0 Å². The lowest BCUT2D eigenvalue weighted by molar-refractivity contribution is -0.111. The van der Waals surface area contributed by atoms with Crippen LogP contribution in [-0.4, -0.2) is 11.8 Å². The number of ether oxygens (including phenoxy) is 1. The monoisotopic (exact) mass is 212 g/mol. The van der Waals surface area contributed by atoms with Crippen LogP contribution in [0, 0.1) is 0 Å². The fraction of sp³-hybridized carbons (Fsp3) is 0.364. The molecule has 0 atom stereocenters. The Labute approximate surface area is 88.8 Å². The van der Waals surface area contributed by atoms with E-state index in [1.54, 1.807) is 0 Å². The summed E-state index contributed by atoms with van der Waals surface area (Å²) in [6.07, 6.45) is 1.07. The van der Waals surface area contributed by atoms with Gasteiger partial charge in [0.1, 0.15) is 5.75 Å². The van der Waals surface area contributed by atoms with Crippen LogP contribution in [0.5, 0.6) is 5.75 Å². The maximum absolute atomic E-state index is 10.5. The molecule has 0 saturated carbocycles. The molecule has 0 radical (unpaired) electrons. The van der Waals surface area contributed by atoms with Crippen molar-refractivity contribution in [3.8, 4) is 5.75 Å². The number of halogens is 1. The van der Waals surface area contributed by atoms with E-state index in [0.29, 0.717) is 19.4 Å². The lowest BCUT2D eigenvalue weighted by Gasteiger charge is -2.03. The Hall–Kier alpha value is -1.02. The number of hydrogen-bond donors (Lipinski definition) is 0. The summed E-state index contributed by atoms with van der Waals surface area (Å²) in [5, 5.41) is -0.293. The van der Waals surface area contributed by atoms with Crippen molar-refractivity contribution in [2.75, 3.05) is 6.61 Å². The van der Waals surface area contributed by atoms with Gasteiger partial charge >= 0.3 is 0 Å². The molecular formula is C11H13ClO2. The van der Waals surface area contributed by atoms with E-state index in [2.05, 4.69) is 0 Å². The predicted octanol–water partition coefficient (Wildman–Crippen LogP) is 2.78. The van der Waals surface area contributed by atoms with Crippen molar-refractivity contribution in [2.24, 2.45) is 0 Å². The second-order valence-corrected chi connectivity index (χ2v) is 3.35. The Morgan fingerprint density at radius 3 is 2.50 bits per heavy atom. The highest BCUT2D eigenvalue weighted by molar-refractivity contribution is 6.63. The topological polar surface area (TPSA) is 26.3 Å². The Morgan fingerprint density at radius 1 is 1.36 bits per heavy atom. The molecule has 0 amide bonds. The molecule has 0 spiro atoms. The SMILES string of the molecule is CCOc1ccc(CCC(=O)Cl)cc1. The molecule has 0 aliphatic heterocycles. The summed E-state index contributed by atoms with van der Waals surface area (Å²) in [4.78, 5) is 10.5. The van der Waals surface area contributed by atoms with Gasteiger partial charge < -0.3 is 4.74 Å². The van der Waals surface area contributed by atoms with Gasteiger partial charge in [-0.1, -0.05) is 12.1 Å². The van der Waals surface area contributed by atoms with Crippen molar-refractivity contribution >= 4 is 16.8 Å². The third-order valence-corrected chi connectivity index (χ3v) is 2.03. The van der Waals surface area contributed by atoms with Crippen molar-refractivity contribution in [1.29, 1.82) is 0 Å². The normalized spacial score (nSPS) is 9.86. The molecule has 0 unspecified atom stereocenters. The molecule has 3 heteroatoms. The first kappa shape index (κ1) is 11.1. The quantitative estimate of drug-likeness (QED) is 0.702. The summed E-state index contributed by atoms with van der Waals surface area (Å²) >= 11 is 5.25. The number of rotatable bonds is 5. The number of carbonyl (C=O) groups excluding carboxylic acids is 1. The maximum atomic E-state index is 10.5. The van der Waals surface area contributed by atoms with E-state index in [1.165, 1.54) is 0 Å². The van der Waals surface area contributed by atoms with E-state index in [0.717, 1.165) is 11.3 Å². The highest BCUT2D eigenvalue weighted by Crippen LogP contribution is 2.13. The second kappa shape index (κ2) is 5.66. The average molecular weight is 213 g/mol. The second-order valence-electron chi connectivity index (χ2n) is 2.93. The van der Waals surface area contributed by atoms with Crippen molar-refractivity contribution in [1.82, 2.24) is 0 Å². The molecule has 14 heavy (non-hydrogen) atoms. The molecule has 0 saturated heterocycles. The first-order chi connectivity index (χ1) is 6.72. The van der Waals surface area contributed by atoms with E-state index >= 15 is 0 Å². The molecule has 0 aliphatic carbocycles. The molecule has 2 nitrogen and oxygen atoms in total. The summed E-state index contributed by atoms with van der Waals surface area (Å²) in [5.41, 5.74) is 1.10. The van der Waals surface area contributed by atoms with Gasteiger partial charge in [0.2, 0.25) is 5.24 Å². The molecule has 0 aromatic heterocycles. The third kappa shape index (κ3) is 3.79. The van der Waals surface area contributed by atoms with Crippen LogP contribution in [0.2, 0.25) is 0 Å². The van der Waals surface area contributed by atoms with Gasteiger partial charge in [-0.25, -0.2) is 0 Å². The van der Waals surface area contributed by atoms with Crippen molar-refractivity contribution < 1.29 is 9.53 Å². The maximum Gasteiger partial charge on any atom is 0.221 e. The number of benzene rings is 1. The van der Waals surface area contributed by atoms with Crippen LogP contribution in [0.1, 0.15) is 18.9 Å². The fourth-order valence-corrected chi connectivity index (χ4v) is 1.26. The van der Waals surface area contributed by atoms with Crippen molar-refractivity contribution in [3.63, 3.8) is 0 Å². The summed E-state index contributed by atoms with van der Waals surface area (Å²) < 4.78 is 5.29. The van der Waals surface area contributed by atoms with Crippen LogP contribution < -0.4 is 4.74 Å². The molecule has 76 valence electrons. The van der Waals surface area contributed by atoms with Gasteiger partial charge in [-0.2, -0.15) is 0 Å². The zero-order valence-electron chi connectivity index (χ0n) is 8.13. The molecule has 1 aromatic carbocycles. The summed E-state index contributed by atoms with van der Waals surface area (Å²) in [6, 6.07) is 7.70. The first-order valence-corrected chi connectivity index (χ1v) is 5.00. The zero-order valence-corrected chi connectivity index (χ0v) is 8.88. The van der Waals surface area contributed by atoms with Gasteiger partial charge in [0.05, 0.1) is 6.61 Å². The molecule has 1 aromatic rings. The number of hydrogen-bond acceptors (Lipinski definition) is 2. The Kier molecular flexibility index (Phi) is 4.47. The Bertz CT molecular complexity index is 293. The van der Waals surface area contributed by atoms with E-state index in [4.69, 9.17) is 16.3 Å². The predicted molar refractivity (Wildman–Crippen MR) is 56.8 cm³/mol. The van der Waals surface area contributed by atoms with Crippen molar-refractivity contribution in [2.45, 2.75) is 19.8 Å². The Balaban J connectivity index is 2.50. The van der Waals surface area contributed by atoms with Crippen LogP contribution in [0.15, 0.2) is 24.3 Å². The summed E-state index contributed by atoms with van der Waals surface area (Å²) in [5.74, 6) is 0.855. The molecule has 1 rings (SSSR count). The minimum atomic E-state index is -0.293. The summed E-state index contributed by atoms with van der Waals surface area (Å²) in [7, 11) is 0. The lowest BCUT2D eigenvalue weighted by Crippen LogP contribution is -1.93. The van der Waals surface area contributed by atoms with Gasteiger partial charge in [0, 0.05) is 6.42 Å². The van der Waals surface area contributed by atoms with Crippen LogP contribution in [0.4, 0.5) is 0 Å². The minimum Gasteiger partial charge on any atom is -0.494 e. The van der Waals surface area contributed by atoms with Gasteiger partial charge in [-0.15, -0.1) is 0 Å². The van der Waals surface area contributed by atoms with E-state index < -0.39 is 0 Å². The van der Waals surface area contributed by atoms with Gasteiger partial charge in [0.15, 0.2) is 0 Å². The third-order valence-electron chi connectivity index (χ3n) is 1.84. The average Bonchev–Trinajstić information content (AvgIpc) is 2.17. The molecule has 0 heterocycles. The van der Waals surface area contributed by atoms with Crippen LogP contribution >= 0.6 is 11.6 Å². The molecule has 0 aliphatic rings. The van der Waals surface area contributed by atoms with E-state index in [-0.39, 0.29) is 5.24 Å². The van der Waals surface area contributed by atoms with Gasteiger partial charge in [-0.3, -0.25) is 4.79 Å². The molecule has 0 fully saturated rings. The van der Waals surface area contributed by atoms with E-state index in [9.17, 15) is 4.79 Å². The largest absolute Gasteiger partial charge is 0.494 e. The minimum absolute atomic E-state index is 0.293. The highest BCUT2D eigenvalue weighted by Gasteiger charge is 1.98. The number of aryl methyl sites for hydroxylation is 1. The van der Waals surface area contributed by atoms with E-state index in [1.807, 2.05) is 31.2 Å². The smallest absolute Gasteiger partial charge is 0.221 e. The lowest BCUT2D eigenvalue weighted by atomic mass is 10.1. The van der Waals surface area contributed by atoms with Crippen LogP contribution in [-0.2, 0) is 11.2 Å². The fourth-order valence-electron chi connectivity index (χ4n) is 1.16. The molecule has 0 N–H and O–H groups in total. The highest BCUT2D eigenvalue weighted by atomic mass is 35.5. The molecule has 0 bridgehead atoms. The van der Waals surface area contributed by atoms with Crippen molar-refractivity contribution in [3.05, 3.63) is 29.8 Å². The van der Waals surface area contributed by atoms with Crippen LogP contribution in [0.25, 0.3) is 0 Å². The Morgan fingerprint density at radius 2 is 2.00 bits per heavy atom. The first-order valence-electron chi connectivity index (χ1n) is 4.62. The standard InChI is InChI=1S/C11H13ClO2/c1-2-14-10-6-3-9(4-7-10)5-8-11(12)13/h3-4,6-7H,2,5,8H2,1H3. The molecular weight excluding hydrogens is 200 g/mol. The summed E-state index contributed by atoms with van der Waals surface area (Å²) in [6.45, 7) is 2.61. The number of carbonyl (C=O) groups is 1.